The van der Waals surface area contributed by atoms with Crippen LogP contribution in [0.15, 0.2) is 0 Å². The summed E-state index contributed by atoms with van der Waals surface area (Å²) in [4.78, 5) is 14.8. The number of likely N-dealkylation sites (tertiary alicyclic amines) is 1. The first kappa shape index (κ1) is 13.5. The van der Waals surface area contributed by atoms with Gasteiger partial charge in [0, 0.05) is 12.6 Å². The zero-order valence-electron chi connectivity index (χ0n) is 12.2. The van der Waals surface area contributed by atoms with Crippen molar-refractivity contribution >= 4 is 11.6 Å². The van der Waals surface area contributed by atoms with Crippen LogP contribution in [0.4, 0.5) is 5.69 Å². The lowest BCUT2D eigenvalue weighted by Crippen LogP contribution is -2.39. The molecule has 2 heterocycles. The van der Waals surface area contributed by atoms with E-state index in [0.29, 0.717) is 23.3 Å². The number of anilines is 1. The molecule has 1 aliphatic heterocycles. The number of rotatable bonds is 3. The van der Waals surface area contributed by atoms with Gasteiger partial charge >= 0.3 is 0 Å². The molecule has 0 bridgehead atoms. The monoisotopic (exact) mass is 276 g/mol. The highest BCUT2D eigenvalue weighted by atomic mass is 16.2. The van der Waals surface area contributed by atoms with E-state index in [1.165, 1.54) is 25.7 Å². The van der Waals surface area contributed by atoms with Crippen molar-refractivity contribution in [3.8, 4) is 0 Å². The number of aryl methyl sites for hydroxylation is 1. The van der Waals surface area contributed by atoms with Gasteiger partial charge in [-0.15, -0.1) is 0 Å². The number of amides is 1. The van der Waals surface area contributed by atoms with E-state index in [9.17, 15) is 4.79 Å². The van der Waals surface area contributed by atoms with Gasteiger partial charge in [-0.1, -0.05) is 19.8 Å². The molecule has 5 nitrogen and oxygen atoms in total. The van der Waals surface area contributed by atoms with Gasteiger partial charge in [0.2, 0.25) is 0 Å². The van der Waals surface area contributed by atoms with Gasteiger partial charge in [-0.2, -0.15) is 5.10 Å². The number of nitrogens with one attached hydrogen (secondary N) is 1. The smallest absolute Gasteiger partial charge is 0.276 e. The van der Waals surface area contributed by atoms with Crippen LogP contribution in [0.1, 0.15) is 61.6 Å². The molecule has 1 saturated carbocycles. The Morgan fingerprint density at radius 1 is 1.35 bits per heavy atom. The molecule has 0 aromatic carbocycles. The molecular formula is C15H24N4O. The molecule has 110 valence electrons. The van der Waals surface area contributed by atoms with E-state index in [1.807, 2.05) is 11.8 Å². The van der Waals surface area contributed by atoms with Crippen molar-refractivity contribution in [3.05, 3.63) is 11.4 Å². The van der Waals surface area contributed by atoms with Gasteiger partial charge in [0.1, 0.15) is 0 Å². The molecular weight excluding hydrogens is 252 g/mol. The minimum absolute atomic E-state index is 0.0212. The SMILES string of the molecule is CCc1[nH]nc(C(=O)N2CCCC2C2CCCC2)c1N. The van der Waals surface area contributed by atoms with Crippen LogP contribution >= 0.6 is 0 Å². The summed E-state index contributed by atoms with van der Waals surface area (Å²) in [6.07, 6.45) is 8.19. The van der Waals surface area contributed by atoms with Crippen molar-refractivity contribution in [2.75, 3.05) is 12.3 Å². The number of hydrogen-bond donors (Lipinski definition) is 2. The summed E-state index contributed by atoms with van der Waals surface area (Å²) < 4.78 is 0. The molecule has 1 aliphatic carbocycles. The van der Waals surface area contributed by atoms with Crippen molar-refractivity contribution in [1.82, 2.24) is 15.1 Å². The predicted molar refractivity (Wildman–Crippen MR) is 78.4 cm³/mol. The van der Waals surface area contributed by atoms with E-state index >= 15 is 0 Å². The molecule has 5 heteroatoms. The molecule has 0 spiro atoms. The Kier molecular flexibility index (Phi) is 3.68. The van der Waals surface area contributed by atoms with E-state index in [4.69, 9.17) is 5.73 Å². The van der Waals surface area contributed by atoms with Crippen LogP contribution in [-0.4, -0.2) is 33.6 Å². The fourth-order valence-corrected chi connectivity index (χ4v) is 3.83. The minimum Gasteiger partial charge on any atom is -0.395 e. The van der Waals surface area contributed by atoms with E-state index in [-0.39, 0.29) is 5.91 Å². The Balaban J connectivity index is 1.79. The van der Waals surface area contributed by atoms with Crippen molar-refractivity contribution in [1.29, 1.82) is 0 Å². The Labute approximate surface area is 119 Å². The van der Waals surface area contributed by atoms with Crippen LogP contribution in [0.25, 0.3) is 0 Å². The topological polar surface area (TPSA) is 75.0 Å². The second-order valence-electron chi connectivity index (χ2n) is 6.07. The number of carbonyl (C=O) groups excluding carboxylic acids is 1. The molecule has 2 aliphatic rings. The molecule has 1 amide bonds. The molecule has 1 atom stereocenters. The Hall–Kier alpha value is -1.52. The summed E-state index contributed by atoms with van der Waals surface area (Å²) in [5.74, 6) is 0.708. The first-order valence-electron chi connectivity index (χ1n) is 7.86. The highest BCUT2D eigenvalue weighted by molar-refractivity contribution is 5.98. The molecule has 20 heavy (non-hydrogen) atoms. The third-order valence-electron chi connectivity index (χ3n) is 4.94. The number of carbonyl (C=O) groups is 1. The largest absolute Gasteiger partial charge is 0.395 e. The van der Waals surface area contributed by atoms with Crippen molar-refractivity contribution in [2.24, 2.45) is 5.92 Å². The minimum atomic E-state index is 0.0212. The van der Waals surface area contributed by atoms with Crippen LogP contribution in [0, 0.1) is 5.92 Å². The third kappa shape index (κ3) is 2.19. The standard InChI is InChI=1S/C15H24N4O/c1-2-11-13(16)14(18-17-11)15(20)19-9-5-8-12(19)10-6-3-4-7-10/h10,12H,2-9,16H2,1H3,(H,17,18). The maximum Gasteiger partial charge on any atom is 0.276 e. The van der Waals surface area contributed by atoms with E-state index in [1.54, 1.807) is 0 Å². The molecule has 2 fully saturated rings. The lowest BCUT2D eigenvalue weighted by molar-refractivity contribution is 0.0684. The summed E-state index contributed by atoms with van der Waals surface area (Å²) in [6, 6.07) is 0.408. The fraction of sp³-hybridized carbons (Fsp3) is 0.733. The molecule has 3 rings (SSSR count). The second kappa shape index (κ2) is 5.46. The van der Waals surface area contributed by atoms with Gasteiger partial charge in [0.15, 0.2) is 5.69 Å². The summed E-state index contributed by atoms with van der Waals surface area (Å²) >= 11 is 0. The quantitative estimate of drug-likeness (QED) is 0.889. The number of hydrogen-bond acceptors (Lipinski definition) is 3. The van der Waals surface area contributed by atoms with E-state index in [2.05, 4.69) is 10.2 Å². The van der Waals surface area contributed by atoms with Gasteiger partial charge in [-0.05, 0) is 38.0 Å². The van der Waals surface area contributed by atoms with Crippen LogP contribution in [0.5, 0.6) is 0 Å². The molecule has 0 radical (unpaired) electrons. The van der Waals surface area contributed by atoms with Gasteiger partial charge in [-0.25, -0.2) is 0 Å². The number of aromatic nitrogens is 2. The lowest BCUT2D eigenvalue weighted by atomic mass is 9.96. The first-order chi connectivity index (χ1) is 9.72. The van der Waals surface area contributed by atoms with Crippen molar-refractivity contribution in [3.63, 3.8) is 0 Å². The zero-order valence-corrected chi connectivity index (χ0v) is 12.2. The lowest BCUT2D eigenvalue weighted by Gasteiger charge is -2.29. The predicted octanol–water partition coefficient (Wildman–Crippen LogP) is 2.35. The molecule has 3 N–H and O–H groups in total. The first-order valence-corrected chi connectivity index (χ1v) is 7.86. The zero-order chi connectivity index (χ0) is 14.1. The molecule has 1 saturated heterocycles. The van der Waals surface area contributed by atoms with Gasteiger partial charge in [0.25, 0.3) is 5.91 Å². The highest BCUT2D eigenvalue weighted by Crippen LogP contribution is 2.36. The second-order valence-corrected chi connectivity index (χ2v) is 6.07. The van der Waals surface area contributed by atoms with E-state index in [0.717, 1.165) is 31.5 Å². The molecule has 1 unspecified atom stereocenters. The number of H-pyrrole nitrogens is 1. The average Bonchev–Trinajstić information content (AvgIpc) is 3.18. The maximum atomic E-state index is 12.7. The maximum absolute atomic E-state index is 12.7. The summed E-state index contributed by atoms with van der Waals surface area (Å²) in [5.41, 5.74) is 7.87. The Morgan fingerprint density at radius 2 is 2.10 bits per heavy atom. The number of nitrogens with two attached hydrogens (primary N) is 1. The fourth-order valence-electron chi connectivity index (χ4n) is 3.83. The van der Waals surface area contributed by atoms with Crippen molar-refractivity contribution in [2.45, 2.75) is 57.9 Å². The summed E-state index contributed by atoms with van der Waals surface area (Å²) in [5, 5.41) is 7.04. The summed E-state index contributed by atoms with van der Waals surface area (Å²) in [7, 11) is 0. The Morgan fingerprint density at radius 3 is 2.75 bits per heavy atom. The normalized spacial score (nSPS) is 23.6. The van der Waals surface area contributed by atoms with Crippen molar-refractivity contribution < 1.29 is 4.79 Å². The van der Waals surface area contributed by atoms with Gasteiger partial charge in [0.05, 0.1) is 11.4 Å². The highest BCUT2D eigenvalue weighted by Gasteiger charge is 2.37. The number of aromatic amines is 1. The van der Waals surface area contributed by atoms with Gasteiger partial charge < -0.3 is 10.6 Å². The average molecular weight is 276 g/mol. The van der Waals surface area contributed by atoms with Crippen LogP contribution < -0.4 is 5.73 Å². The van der Waals surface area contributed by atoms with Gasteiger partial charge in [-0.3, -0.25) is 9.89 Å². The van der Waals surface area contributed by atoms with E-state index < -0.39 is 0 Å². The molecule has 1 aromatic rings. The molecule has 1 aromatic heterocycles. The van der Waals surface area contributed by atoms with Crippen LogP contribution in [0.3, 0.4) is 0 Å². The Bertz CT molecular complexity index is 490. The van der Waals surface area contributed by atoms with Crippen LogP contribution in [-0.2, 0) is 6.42 Å². The summed E-state index contributed by atoms with van der Waals surface area (Å²) in [6.45, 7) is 2.86. The van der Waals surface area contributed by atoms with Crippen LogP contribution in [0.2, 0.25) is 0 Å². The number of nitrogen functional groups attached to an aromatic ring is 1. The third-order valence-corrected chi connectivity index (χ3v) is 4.94. The number of nitrogens with zero attached hydrogens (tertiary/aromatic N) is 2.